The summed E-state index contributed by atoms with van der Waals surface area (Å²) in [6.07, 6.45) is -6.05. The van der Waals surface area contributed by atoms with Gasteiger partial charge in [-0.3, -0.25) is 4.79 Å². The topological polar surface area (TPSA) is 108 Å². The maximum atomic E-state index is 14.0. The van der Waals surface area contributed by atoms with Gasteiger partial charge in [-0.25, -0.2) is 13.1 Å². The summed E-state index contributed by atoms with van der Waals surface area (Å²) in [4.78, 5) is 15.1. The van der Waals surface area contributed by atoms with Crippen molar-refractivity contribution < 1.29 is 36.2 Å². The molecular weight excluding hydrogens is 607 g/mol. The van der Waals surface area contributed by atoms with Crippen LogP contribution in [-0.2, 0) is 16.2 Å². The summed E-state index contributed by atoms with van der Waals surface area (Å²) in [7, 11) is -4.42. The Morgan fingerprint density at radius 3 is 2.18 bits per heavy atom. The fourth-order valence-electron chi connectivity index (χ4n) is 5.10. The first-order valence-electron chi connectivity index (χ1n) is 14.1. The number of para-hydroxylation sites is 2. The number of nitrogens with one attached hydrogen (secondary N) is 2. The fraction of sp³-hybridized carbons (Fsp3) is 0.242. The number of halogens is 3. The Kier molecular flexibility index (Phi) is 8.92. The van der Waals surface area contributed by atoms with E-state index < -0.39 is 44.4 Å². The second-order valence-corrected chi connectivity index (χ2v) is 12.8. The van der Waals surface area contributed by atoms with E-state index in [9.17, 15) is 31.5 Å². The number of anilines is 2. The standard InChI is InChI=1S/C33H32F3N3O5S/c1-32(2)30(40)29(38-45(42,43)26-16-14-23(15-17-26)33(34,35)36)27-21-22(13-18-28(27)44-32)31(41)39(25-11-7-4-8-12-25)20-19-37-24-9-5-3-6-10-24/h3-18,21,29-30,37-38,40H,19-20H2,1-2H3/t29-,30+/m1/s1. The van der Waals surface area contributed by atoms with Gasteiger partial charge in [0.05, 0.1) is 16.5 Å². The lowest BCUT2D eigenvalue weighted by Crippen LogP contribution is -2.53. The maximum absolute atomic E-state index is 14.0. The molecule has 4 aromatic carbocycles. The number of hydrogen-bond donors (Lipinski definition) is 3. The van der Waals surface area contributed by atoms with Gasteiger partial charge in [0, 0.05) is 35.6 Å². The molecule has 1 amide bonds. The number of fused-ring (bicyclic) bond motifs is 1. The Balaban J connectivity index is 1.46. The van der Waals surface area contributed by atoms with Crippen LogP contribution in [0.25, 0.3) is 0 Å². The highest BCUT2D eigenvalue weighted by molar-refractivity contribution is 7.89. The first kappa shape index (κ1) is 32.0. The van der Waals surface area contributed by atoms with Gasteiger partial charge in [0.1, 0.15) is 17.5 Å². The number of amides is 1. The molecule has 5 rings (SSSR count). The molecule has 8 nitrogen and oxygen atoms in total. The van der Waals surface area contributed by atoms with E-state index in [2.05, 4.69) is 10.0 Å². The predicted molar refractivity (Wildman–Crippen MR) is 165 cm³/mol. The fourth-order valence-corrected chi connectivity index (χ4v) is 6.32. The molecule has 0 unspecified atom stereocenters. The number of rotatable bonds is 9. The highest BCUT2D eigenvalue weighted by Gasteiger charge is 2.45. The van der Waals surface area contributed by atoms with Crippen LogP contribution in [0.4, 0.5) is 24.5 Å². The number of hydrogen-bond acceptors (Lipinski definition) is 6. The second-order valence-electron chi connectivity index (χ2n) is 11.1. The molecule has 2 atom stereocenters. The lowest BCUT2D eigenvalue weighted by molar-refractivity contribution is -0.137. The van der Waals surface area contributed by atoms with E-state index in [1.807, 2.05) is 48.5 Å². The third-order valence-electron chi connectivity index (χ3n) is 7.52. The first-order valence-corrected chi connectivity index (χ1v) is 15.6. The van der Waals surface area contributed by atoms with Crippen LogP contribution in [0.2, 0.25) is 0 Å². The summed E-state index contributed by atoms with van der Waals surface area (Å²) in [5.41, 5.74) is -0.282. The van der Waals surface area contributed by atoms with Gasteiger partial charge in [-0.15, -0.1) is 0 Å². The Labute approximate surface area is 259 Å². The summed E-state index contributed by atoms with van der Waals surface area (Å²) in [6, 6.07) is 24.9. The zero-order valence-electron chi connectivity index (χ0n) is 24.5. The van der Waals surface area contributed by atoms with E-state index in [0.29, 0.717) is 30.9 Å². The van der Waals surface area contributed by atoms with Gasteiger partial charge < -0.3 is 20.1 Å². The number of aliphatic hydroxyl groups is 1. The minimum atomic E-state index is -4.64. The average Bonchev–Trinajstić information content (AvgIpc) is 3.01. The van der Waals surface area contributed by atoms with Crippen molar-refractivity contribution in [2.24, 2.45) is 0 Å². The zero-order chi connectivity index (χ0) is 32.4. The molecule has 4 aromatic rings. The summed E-state index contributed by atoms with van der Waals surface area (Å²) in [5.74, 6) is -0.124. The molecule has 0 radical (unpaired) electrons. The largest absolute Gasteiger partial charge is 0.485 e. The number of carbonyl (C=O) groups is 1. The van der Waals surface area contributed by atoms with Gasteiger partial charge in [-0.05, 0) is 80.6 Å². The summed E-state index contributed by atoms with van der Waals surface area (Å²) in [6.45, 7) is 3.89. The van der Waals surface area contributed by atoms with Crippen molar-refractivity contribution in [3.63, 3.8) is 0 Å². The van der Waals surface area contributed by atoms with E-state index in [1.54, 1.807) is 43.0 Å². The highest BCUT2D eigenvalue weighted by atomic mass is 32.2. The van der Waals surface area contributed by atoms with E-state index in [0.717, 1.165) is 17.8 Å². The SMILES string of the molecule is CC1(C)Oc2ccc(C(=O)N(CCNc3ccccc3)c3ccccc3)cc2[C@@H](NS(=O)(=O)c2ccc(C(F)(F)F)cc2)[C@@H]1O. The Hall–Kier alpha value is -4.39. The molecule has 45 heavy (non-hydrogen) atoms. The number of ether oxygens (including phenoxy) is 1. The van der Waals surface area contributed by atoms with Gasteiger partial charge in [-0.2, -0.15) is 13.2 Å². The van der Waals surface area contributed by atoms with Gasteiger partial charge in [0.15, 0.2) is 0 Å². The molecule has 0 aromatic heterocycles. The van der Waals surface area contributed by atoms with Crippen molar-refractivity contribution in [1.82, 2.24) is 4.72 Å². The van der Waals surface area contributed by atoms with Crippen LogP contribution in [0.15, 0.2) is 108 Å². The summed E-state index contributed by atoms with van der Waals surface area (Å²) < 4.78 is 74.3. The molecule has 0 fully saturated rings. The van der Waals surface area contributed by atoms with Crippen LogP contribution >= 0.6 is 0 Å². The minimum Gasteiger partial charge on any atom is -0.485 e. The summed E-state index contributed by atoms with van der Waals surface area (Å²) >= 11 is 0. The lowest BCUT2D eigenvalue weighted by atomic mass is 9.86. The van der Waals surface area contributed by atoms with Crippen molar-refractivity contribution >= 4 is 27.3 Å². The lowest BCUT2D eigenvalue weighted by Gasteiger charge is -2.42. The van der Waals surface area contributed by atoms with Crippen LogP contribution < -0.4 is 19.7 Å². The maximum Gasteiger partial charge on any atom is 0.416 e. The quantitative estimate of drug-likeness (QED) is 0.207. The van der Waals surface area contributed by atoms with E-state index >= 15 is 0 Å². The third-order valence-corrected chi connectivity index (χ3v) is 8.98. The van der Waals surface area contributed by atoms with Crippen molar-refractivity contribution in [3.05, 3.63) is 120 Å². The zero-order valence-corrected chi connectivity index (χ0v) is 25.3. The highest BCUT2D eigenvalue weighted by Crippen LogP contribution is 2.41. The molecular formula is C33H32F3N3O5S. The van der Waals surface area contributed by atoms with Gasteiger partial charge in [0.25, 0.3) is 5.91 Å². The molecule has 1 heterocycles. The van der Waals surface area contributed by atoms with E-state index in [1.165, 1.54) is 6.07 Å². The number of aliphatic hydroxyl groups excluding tert-OH is 1. The number of carbonyl (C=O) groups excluding carboxylic acids is 1. The molecule has 12 heteroatoms. The Bertz CT molecular complexity index is 1750. The molecule has 236 valence electrons. The van der Waals surface area contributed by atoms with Crippen molar-refractivity contribution in [1.29, 1.82) is 0 Å². The molecule has 1 aliphatic heterocycles. The van der Waals surface area contributed by atoms with Crippen LogP contribution in [0.1, 0.15) is 41.4 Å². The number of alkyl halides is 3. The number of benzene rings is 4. The first-order chi connectivity index (χ1) is 21.3. The summed E-state index contributed by atoms with van der Waals surface area (Å²) in [5, 5.41) is 14.5. The number of sulfonamides is 1. The van der Waals surface area contributed by atoms with Gasteiger partial charge >= 0.3 is 6.18 Å². The van der Waals surface area contributed by atoms with Crippen LogP contribution in [-0.4, -0.2) is 44.2 Å². The van der Waals surface area contributed by atoms with Crippen molar-refractivity contribution in [2.45, 2.75) is 42.7 Å². The molecule has 3 N–H and O–H groups in total. The number of nitrogens with zero attached hydrogens (tertiary/aromatic N) is 1. The molecule has 0 saturated heterocycles. The van der Waals surface area contributed by atoms with Gasteiger partial charge in [-0.1, -0.05) is 36.4 Å². The smallest absolute Gasteiger partial charge is 0.416 e. The van der Waals surface area contributed by atoms with E-state index in [-0.39, 0.29) is 22.8 Å². The Morgan fingerprint density at radius 1 is 0.933 bits per heavy atom. The minimum absolute atomic E-state index is 0.207. The van der Waals surface area contributed by atoms with Gasteiger partial charge in [0.2, 0.25) is 10.0 Å². The monoisotopic (exact) mass is 639 g/mol. The van der Waals surface area contributed by atoms with Crippen LogP contribution in [0.3, 0.4) is 0 Å². The molecule has 0 spiro atoms. The van der Waals surface area contributed by atoms with Crippen molar-refractivity contribution in [3.8, 4) is 5.75 Å². The van der Waals surface area contributed by atoms with Crippen LogP contribution in [0.5, 0.6) is 5.75 Å². The van der Waals surface area contributed by atoms with Crippen LogP contribution in [0, 0.1) is 0 Å². The predicted octanol–water partition coefficient (Wildman–Crippen LogP) is 6.02. The normalized spacial score (nSPS) is 17.6. The molecule has 0 bridgehead atoms. The third kappa shape index (κ3) is 7.14. The average molecular weight is 640 g/mol. The molecule has 0 saturated carbocycles. The molecule has 0 aliphatic carbocycles. The Morgan fingerprint density at radius 2 is 1.56 bits per heavy atom. The van der Waals surface area contributed by atoms with Crippen molar-refractivity contribution in [2.75, 3.05) is 23.3 Å². The van der Waals surface area contributed by atoms with E-state index in [4.69, 9.17) is 4.74 Å². The second kappa shape index (κ2) is 12.5. The molecule has 1 aliphatic rings.